The Bertz CT molecular complexity index is 1170. The van der Waals surface area contributed by atoms with E-state index in [9.17, 15) is 14.9 Å². The van der Waals surface area contributed by atoms with Gasteiger partial charge < -0.3 is 9.72 Å². The van der Waals surface area contributed by atoms with E-state index >= 15 is 0 Å². The van der Waals surface area contributed by atoms with Gasteiger partial charge in [0.2, 0.25) is 0 Å². The van der Waals surface area contributed by atoms with Crippen LogP contribution in [0.15, 0.2) is 15.9 Å². The number of pyridine rings is 1. The first kappa shape index (κ1) is 20.0. The number of aromatic amines is 1. The van der Waals surface area contributed by atoms with Crippen LogP contribution < -0.4 is 5.56 Å². The Morgan fingerprint density at radius 2 is 2.11 bits per heavy atom. The highest BCUT2D eigenvalue weighted by Gasteiger charge is 2.17. The summed E-state index contributed by atoms with van der Waals surface area (Å²) in [5.41, 5.74) is 1.84. The molecule has 28 heavy (non-hydrogen) atoms. The first-order valence-electron chi connectivity index (χ1n) is 8.56. The number of nitrogens with zero attached hydrogens (tertiary/aromatic N) is 3. The molecule has 0 atom stereocenters. The molecule has 9 heteroatoms. The molecule has 3 rings (SSSR count). The lowest BCUT2D eigenvalue weighted by Crippen LogP contribution is -2.11. The lowest BCUT2D eigenvalue weighted by molar-refractivity contribution is 0.0524. The number of H-pyrrole nitrogens is 1. The van der Waals surface area contributed by atoms with Crippen LogP contribution in [0.4, 0.5) is 0 Å². The predicted molar refractivity (Wildman–Crippen MR) is 109 cm³/mol. The molecule has 0 aromatic carbocycles. The standard InChI is InChI=1S/C19H18N4O3S2/c1-5-26-19(25)13-6-12(7-20)17(21-10(13)3)27-8-14-22-16(24)15-9(2)11(4)28-18(15)23-14/h6H,5,8H2,1-4H3,(H,22,23,24). The van der Waals surface area contributed by atoms with Gasteiger partial charge in [-0.05, 0) is 39.3 Å². The minimum absolute atomic E-state index is 0.162. The van der Waals surface area contributed by atoms with Gasteiger partial charge in [-0.15, -0.1) is 11.3 Å². The Kier molecular flexibility index (Phi) is 5.82. The summed E-state index contributed by atoms with van der Waals surface area (Å²) in [6, 6.07) is 3.56. The number of hydrogen-bond acceptors (Lipinski definition) is 8. The van der Waals surface area contributed by atoms with Crippen LogP contribution in [0, 0.1) is 32.1 Å². The van der Waals surface area contributed by atoms with Crippen molar-refractivity contribution < 1.29 is 9.53 Å². The second kappa shape index (κ2) is 8.12. The molecule has 0 bridgehead atoms. The van der Waals surface area contributed by atoms with Gasteiger partial charge in [0.05, 0.1) is 34.6 Å². The number of thiophene rings is 1. The third-order valence-electron chi connectivity index (χ3n) is 4.23. The number of ether oxygens (including phenoxy) is 1. The zero-order valence-electron chi connectivity index (χ0n) is 15.9. The summed E-state index contributed by atoms with van der Waals surface area (Å²) < 4.78 is 5.00. The monoisotopic (exact) mass is 414 g/mol. The predicted octanol–water partition coefficient (Wildman–Crippen LogP) is 3.65. The van der Waals surface area contributed by atoms with E-state index in [1.807, 2.05) is 13.8 Å². The van der Waals surface area contributed by atoms with Crippen LogP contribution in [-0.2, 0) is 10.5 Å². The summed E-state index contributed by atoms with van der Waals surface area (Å²) in [4.78, 5) is 37.9. The average molecular weight is 415 g/mol. The largest absolute Gasteiger partial charge is 0.462 e. The van der Waals surface area contributed by atoms with Crippen molar-refractivity contribution in [3.63, 3.8) is 0 Å². The molecular formula is C19H18N4O3S2. The molecule has 0 unspecified atom stereocenters. The van der Waals surface area contributed by atoms with Crippen LogP contribution in [0.5, 0.6) is 0 Å². The van der Waals surface area contributed by atoms with Crippen LogP contribution in [0.1, 0.15) is 44.8 Å². The van der Waals surface area contributed by atoms with Crippen molar-refractivity contribution in [1.29, 1.82) is 5.26 Å². The Labute approximate surface area is 169 Å². The molecule has 1 N–H and O–H groups in total. The number of hydrogen-bond donors (Lipinski definition) is 1. The number of aromatic nitrogens is 3. The maximum absolute atomic E-state index is 12.4. The van der Waals surface area contributed by atoms with Crippen molar-refractivity contribution in [3.05, 3.63) is 49.5 Å². The van der Waals surface area contributed by atoms with E-state index in [4.69, 9.17) is 4.74 Å². The molecular weight excluding hydrogens is 396 g/mol. The summed E-state index contributed by atoms with van der Waals surface area (Å²) >= 11 is 2.78. The number of carbonyl (C=O) groups excluding carboxylic acids is 1. The van der Waals surface area contributed by atoms with E-state index in [0.717, 1.165) is 10.4 Å². The number of rotatable bonds is 5. The lowest BCUT2D eigenvalue weighted by Gasteiger charge is -2.09. The fraction of sp³-hybridized carbons (Fsp3) is 0.316. The maximum Gasteiger partial charge on any atom is 0.340 e. The van der Waals surface area contributed by atoms with E-state index in [2.05, 4.69) is 21.0 Å². The van der Waals surface area contributed by atoms with Crippen molar-refractivity contribution in [3.8, 4) is 6.07 Å². The zero-order valence-corrected chi connectivity index (χ0v) is 17.5. The zero-order chi connectivity index (χ0) is 20.4. The first-order valence-corrected chi connectivity index (χ1v) is 10.4. The molecule has 3 aromatic heterocycles. The van der Waals surface area contributed by atoms with E-state index < -0.39 is 5.97 Å². The number of carbonyl (C=O) groups is 1. The fourth-order valence-corrected chi connectivity index (χ4v) is 4.61. The number of esters is 1. The molecule has 0 radical (unpaired) electrons. The maximum atomic E-state index is 12.4. The third kappa shape index (κ3) is 3.79. The van der Waals surface area contributed by atoms with E-state index in [-0.39, 0.29) is 23.3 Å². The summed E-state index contributed by atoms with van der Waals surface area (Å²) in [5.74, 6) is 0.364. The van der Waals surface area contributed by atoms with Gasteiger partial charge in [-0.1, -0.05) is 11.8 Å². The molecule has 0 fully saturated rings. The molecule has 3 aromatic rings. The Morgan fingerprint density at radius 1 is 1.36 bits per heavy atom. The average Bonchev–Trinajstić information content (AvgIpc) is 2.94. The lowest BCUT2D eigenvalue weighted by atomic mass is 10.1. The van der Waals surface area contributed by atoms with Crippen molar-refractivity contribution in [2.75, 3.05) is 6.61 Å². The van der Waals surface area contributed by atoms with Crippen LogP contribution in [0.25, 0.3) is 10.2 Å². The van der Waals surface area contributed by atoms with Crippen molar-refractivity contribution in [1.82, 2.24) is 15.0 Å². The van der Waals surface area contributed by atoms with E-state index in [1.54, 1.807) is 13.8 Å². The van der Waals surface area contributed by atoms with Gasteiger partial charge in [-0.3, -0.25) is 4.79 Å². The molecule has 0 amide bonds. The highest BCUT2D eigenvalue weighted by atomic mass is 32.2. The highest BCUT2D eigenvalue weighted by Crippen LogP contribution is 2.28. The third-order valence-corrected chi connectivity index (χ3v) is 6.33. The van der Waals surface area contributed by atoms with Gasteiger partial charge in [-0.25, -0.2) is 14.8 Å². The van der Waals surface area contributed by atoms with Gasteiger partial charge in [0.1, 0.15) is 21.7 Å². The Balaban J connectivity index is 1.89. The van der Waals surface area contributed by atoms with Crippen molar-refractivity contribution in [2.45, 2.75) is 38.5 Å². The summed E-state index contributed by atoms with van der Waals surface area (Å²) in [7, 11) is 0. The van der Waals surface area contributed by atoms with E-state index in [0.29, 0.717) is 32.5 Å². The van der Waals surface area contributed by atoms with Crippen LogP contribution >= 0.6 is 23.1 Å². The number of thioether (sulfide) groups is 1. The Morgan fingerprint density at radius 3 is 2.79 bits per heavy atom. The molecule has 3 heterocycles. The molecule has 0 saturated carbocycles. The summed E-state index contributed by atoms with van der Waals surface area (Å²) in [6.45, 7) is 7.54. The van der Waals surface area contributed by atoms with Crippen molar-refractivity contribution >= 4 is 39.3 Å². The Hall–Kier alpha value is -2.70. The molecule has 0 saturated heterocycles. The van der Waals surface area contributed by atoms with Gasteiger partial charge in [0.15, 0.2) is 0 Å². The number of fused-ring (bicyclic) bond motifs is 1. The molecule has 7 nitrogen and oxygen atoms in total. The minimum Gasteiger partial charge on any atom is -0.462 e. The van der Waals surface area contributed by atoms with Crippen LogP contribution in [-0.4, -0.2) is 27.5 Å². The normalized spacial score (nSPS) is 10.8. The first-order chi connectivity index (χ1) is 13.3. The summed E-state index contributed by atoms with van der Waals surface area (Å²) in [6.07, 6.45) is 0. The smallest absolute Gasteiger partial charge is 0.340 e. The topological polar surface area (TPSA) is 109 Å². The number of aryl methyl sites for hydroxylation is 3. The fourth-order valence-electron chi connectivity index (χ4n) is 2.69. The second-order valence-electron chi connectivity index (χ2n) is 6.07. The number of nitriles is 1. The number of nitrogens with one attached hydrogen (secondary N) is 1. The molecule has 0 spiro atoms. The van der Waals surface area contributed by atoms with Crippen molar-refractivity contribution in [2.24, 2.45) is 0 Å². The van der Waals surface area contributed by atoms with Gasteiger partial charge in [0.25, 0.3) is 5.56 Å². The second-order valence-corrected chi connectivity index (χ2v) is 8.24. The van der Waals surface area contributed by atoms with Crippen LogP contribution in [0.3, 0.4) is 0 Å². The van der Waals surface area contributed by atoms with Gasteiger partial charge in [-0.2, -0.15) is 5.26 Å². The van der Waals surface area contributed by atoms with E-state index in [1.165, 1.54) is 29.2 Å². The quantitative estimate of drug-likeness (QED) is 0.501. The molecule has 0 aliphatic heterocycles. The van der Waals surface area contributed by atoms with Crippen LogP contribution in [0.2, 0.25) is 0 Å². The highest BCUT2D eigenvalue weighted by molar-refractivity contribution is 7.98. The SMILES string of the molecule is CCOC(=O)c1cc(C#N)c(SCc2nc3sc(C)c(C)c3c(=O)[nH]2)nc1C. The molecule has 0 aliphatic rings. The molecule has 0 aliphatic carbocycles. The molecule has 144 valence electrons. The van der Waals surface area contributed by atoms with Gasteiger partial charge >= 0.3 is 5.97 Å². The van der Waals surface area contributed by atoms with Gasteiger partial charge in [0, 0.05) is 4.88 Å². The minimum atomic E-state index is -0.500. The summed E-state index contributed by atoms with van der Waals surface area (Å²) in [5, 5.41) is 10.5.